The number of anilines is 2. The minimum absolute atomic E-state index is 0.140. The fourth-order valence-corrected chi connectivity index (χ4v) is 3.67. The predicted octanol–water partition coefficient (Wildman–Crippen LogP) is 3.17. The van der Waals surface area contributed by atoms with Crippen molar-refractivity contribution in [3.63, 3.8) is 0 Å². The molecule has 28 heavy (non-hydrogen) atoms. The van der Waals surface area contributed by atoms with Gasteiger partial charge in [-0.15, -0.1) is 11.3 Å². The van der Waals surface area contributed by atoms with Gasteiger partial charge in [-0.05, 0) is 43.0 Å². The number of aromatic nitrogens is 2. The monoisotopic (exact) mass is 400 g/mol. The number of hydrogen-bond donors (Lipinski definition) is 3. The van der Waals surface area contributed by atoms with Crippen molar-refractivity contribution in [3.05, 3.63) is 57.4 Å². The number of thiophene rings is 1. The van der Waals surface area contributed by atoms with Gasteiger partial charge in [-0.25, -0.2) is 4.98 Å². The zero-order valence-corrected chi connectivity index (χ0v) is 16.7. The van der Waals surface area contributed by atoms with Gasteiger partial charge in [0, 0.05) is 23.1 Å². The summed E-state index contributed by atoms with van der Waals surface area (Å²) >= 11 is 1.48. The molecule has 0 radical (unpaired) electrons. The zero-order chi connectivity index (χ0) is 20.1. The predicted molar refractivity (Wildman–Crippen MR) is 111 cm³/mol. The molecule has 8 heteroatoms. The fraction of sp³-hybridized carbons (Fsp3) is 0.300. The van der Waals surface area contributed by atoms with Crippen LogP contribution in [-0.2, 0) is 6.42 Å². The van der Waals surface area contributed by atoms with Crippen molar-refractivity contribution < 1.29 is 14.6 Å². The van der Waals surface area contributed by atoms with Crippen LogP contribution in [0.25, 0.3) is 0 Å². The fourth-order valence-electron chi connectivity index (χ4n) is 2.96. The number of nitrogens with two attached hydrogens (primary N) is 2. The smallest absolute Gasteiger partial charge is 0.221 e. The van der Waals surface area contributed by atoms with Gasteiger partial charge in [0.15, 0.2) is 0 Å². The van der Waals surface area contributed by atoms with E-state index in [1.807, 2.05) is 43.5 Å². The summed E-state index contributed by atoms with van der Waals surface area (Å²) in [6.07, 6.45) is 1.27. The van der Waals surface area contributed by atoms with Gasteiger partial charge in [-0.2, -0.15) is 4.98 Å². The number of hydrogen-bond acceptors (Lipinski definition) is 8. The highest BCUT2D eigenvalue weighted by Gasteiger charge is 2.23. The maximum Gasteiger partial charge on any atom is 0.221 e. The average Bonchev–Trinajstić information content (AvgIpc) is 3.19. The minimum atomic E-state index is -0.831. The van der Waals surface area contributed by atoms with Crippen molar-refractivity contribution in [1.29, 1.82) is 0 Å². The zero-order valence-electron chi connectivity index (χ0n) is 15.9. The van der Waals surface area contributed by atoms with E-state index < -0.39 is 6.10 Å². The highest BCUT2D eigenvalue weighted by Crippen LogP contribution is 2.40. The van der Waals surface area contributed by atoms with Crippen LogP contribution in [0.15, 0.2) is 35.8 Å². The van der Waals surface area contributed by atoms with E-state index in [0.717, 1.165) is 16.0 Å². The van der Waals surface area contributed by atoms with Crippen LogP contribution in [0.5, 0.6) is 11.5 Å². The topological polar surface area (TPSA) is 117 Å². The Hall–Kier alpha value is -2.84. The Morgan fingerprint density at radius 2 is 1.82 bits per heavy atom. The molecule has 1 unspecified atom stereocenters. The molecule has 3 rings (SSSR count). The molecule has 5 N–H and O–H groups in total. The van der Waals surface area contributed by atoms with Crippen molar-refractivity contribution in [2.45, 2.75) is 26.4 Å². The summed E-state index contributed by atoms with van der Waals surface area (Å²) in [5.74, 6) is 1.64. The van der Waals surface area contributed by atoms with Gasteiger partial charge >= 0.3 is 0 Å². The number of aliphatic hydroxyl groups excluding tert-OH is 1. The highest BCUT2D eigenvalue weighted by molar-refractivity contribution is 7.10. The van der Waals surface area contributed by atoms with Crippen LogP contribution >= 0.6 is 11.3 Å². The second-order valence-electron chi connectivity index (χ2n) is 6.11. The van der Waals surface area contributed by atoms with Gasteiger partial charge in [0.05, 0.1) is 18.8 Å². The molecule has 0 aliphatic heterocycles. The summed E-state index contributed by atoms with van der Waals surface area (Å²) in [7, 11) is 0. The van der Waals surface area contributed by atoms with Crippen molar-refractivity contribution in [2.75, 3.05) is 24.7 Å². The summed E-state index contributed by atoms with van der Waals surface area (Å²) in [6.45, 7) is 4.73. The SMILES string of the molecule is CCOc1cc(Cc2cnc(N)nc2N)cc(OCC)c1C(O)c1cccs1. The van der Waals surface area contributed by atoms with Crippen LogP contribution in [0.2, 0.25) is 0 Å². The number of ether oxygens (including phenoxy) is 2. The molecule has 0 bridgehead atoms. The van der Waals surface area contributed by atoms with E-state index in [-0.39, 0.29) is 5.95 Å². The lowest BCUT2D eigenvalue weighted by atomic mass is 9.99. The third kappa shape index (κ3) is 4.35. The molecule has 7 nitrogen and oxygen atoms in total. The number of rotatable bonds is 8. The summed E-state index contributed by atoms with van der Waals surface area (Å²) in [6, 6.07) is 7.59. The van der Waals surface area contributed by atoms with Crippen LogP contribution in [0.4, 0.5) is 11.8 Å². The molecular formula is C20H24N4O3S. The van der Waals surface area contributed by atoms with Crippen molar-refractivity contribution in [2.24, 2.45) is 0 Å². The lowest BCUT2D eigenvalue weighted by Crippen LogP contribution is -2.09. The van der Waals surface area contributed by atoms with Crippen LogP contribution < -0.4 is 20.9 Å². The van der Waals surface area contributed by atoms with Crippen LogP contribution in [-0.4, -0.2) is 28.3 Å². The maximum absolute atomic E-state index is 10.9. The van der Waals surface area contributed by atoms with Gasteiger partial charge in [-0.1, -0.05) is 6.07 Å². The number of aliphatic hydroxyl groups is 1. The number of nitrogen functional groups attached to an aromatic ring is 2. The van der Waals surface area contributed by atoms with E-state index in [4.69, 9.17) is 20.9 Å². The first-order valence-electron chi connectivity index (χ1n) is 9.04. The summed E-state index contributed by atoms with van der Waals surface area (Å²) in [5.41, 5.74) is 13.8. The van der Waals surface area contributed by atoms with Crippen molar-refractivity contribution in [1.82, 2.24) is 9.97 Å². The van der Waals surface area contributed by atoms with Crippen LogP contribution in [0.3, 0.4) is 0 Å². The Balaban J connectivity index is 2.05. The lowest BCUT2D eigenvalue weighted by molar-refractivity contribution is 0.206. The average molecular weight is 401 g/mol. The molecular weight excluding hydrogens is 376 g/mol. The number of benzene rings is 1. The summed E-state index contributed by atoms with van der Waals surface area (Å²) < 4.78 is 11.7. The van der Waals surface area contributed by atoms with E-state index in [0.29, 0.717) is 42.5 Å². The Morgan fingerprint density at radius 1 is 1.14 bits per heavy atom. The second kappa shape index (κ2) is 8.90. The molecule has 1 aromatic carbocycles. The van der Waals surface area contributed by atoms with E-state index in [9.17, 15) is 5.11 Å². The van der Waals surface area contributed by atoms with Crippen LogP contribution in [0.1, 0.15) is 41.5 Å². The van der Waals surface area contributed by atoms with Crippen molar-refractivity contribution >= 4 is 23.1 Å². The third-order valence-corrected chi connectivity index (χ3v) is 5.09. The molecule has 1 atom stereocenters. The molecule has 0 saturated heterocycles. The van der Waals surface area contributed by atoms with Gasteiger partial charge in [-0.3, -0.25) is 0 Å². The molecule has 0 aliphatic rings. The van der Waals surface area contributed by atoms with E-state index in [1.54, 1.807) is 6.20 Å². The third-order valence-electron chi connectivity index (χ3n) is 4.16. The molecule has 0 spiro atoms. The first kappa shape index (κ1) is 19.9. The Morgan fingerprint density at radius 3 is 2.36 bits per heavy atom. The highest BCUT2D eigenvalue weighted by atomic mass is 32.1. The molecule has 148 valence electrons. The van der Waals surface area contributed by atoms with Gasteiger partial charge in [0.2, 0.25) is 5.95 Å². The Bertz CT molecular complexity index is 904. The van der Waals surface area contributed by atoms with E-state index in [1.165, 1.54) is 11.3 Å². The van der Waals surface area contributed by atoms with Gasteiger partial charge < -0.3 is 26.0 Å². The molecule has 3 aromatic rings. The van der Waals surface area contributed by atoms with Crippen LogP contribution in [0, 0.1) is 0 Å². The quantitative estimate of drug-likeness (QED) is 0.532. The van der Waals surface area contributed by atoms with E-state index >= 15 is 0 Å². The molecule has 0 saturated carbocycles. The largest absolute Gasteiger partial charge is 0.493 e. The number of nitrogens with zero attached hydrogens (tertiary/aromatic N) is 2. The first-order valence-corrected chi connectivity index (χ1v) is 9.92. The standard InChI is InChI=1S/C20H24N4O3S/c1-3-26-14-9-12(8-13-11-23-20(22)24-19(13)21)10-15(27-4-2)17(14)18(25)16-6-5-7-28-16/h5-7,9-11,18,25H,3-4,8H2,1-2H3,(H4,21,22,23,24). The summed E-state index contributed by atoms with van der Waals surface area (Å²) in [4.78, 5) is 8.85. The molecule has 2 aromatic heterocycles. The molecule has 0 aliphatic carbocycles. The lowest BCUT2D eigenvalue weighted by Gasteiger charge is -2.20. The Kier molecular flexibility index (Phi) is 6.33. The summed E-state index contributed by atoms with van der Waals surface area (Å²) in [5, 5.41) is 12.9. The molecule has 0 amide bonds. The van der Waals surface area contributed by atoms with E-state index in [2.05, 4.69) is 9.97 Å². The van der Waals surface area contributed by atoms with Gasteiger partial charge in [0.1, 0.15) is 23.4 Å². The Labute approximate surface area is 168 Å². The first-order chi connectivity index (χ1) is 13.5. The van der Waals surface area contributed by atoms with Gasteiger partial charge in [0.25, 0.3) is 0 Å². The normalized spacial score (nSPS) is 12.0. The molecule has 2 heterocycles. The maximum atomic E-state index is 10.9. The van der Waals surface area contributed by atoms with Crippen molar-refractivity contribution in [3.8, 4) is 11.5 Å². The second-order valence-corrected chi connectivity index (χ2v) is 7.08. The molecule has 0 fully saturated rings. The minimum Gasteiger partial charge on any atom is -0.493 e.